The third kappa shape index (κ3) is 2.25. The molecule has 1 aliphatic heterocycles. The summed E-state index contributed by atoms with van der Waals surface area (Å²) < 4.78 is 0. The van der Waals surface area contributed by atoms with Crippen molar-refractivity contribution in [3.63, 3.8) is 0 Å². The summed E-state index contributed by atoms with van der Waals surface area (Å²) in [4.78, 5) is 2.03. The molecular weight excluding hydrogens is 252 g/mol. The Balaban J connectivity index is 1.92. The second-order valence-electron chi connectivity index (χ2n) is 4.49. The number of rotatable bonds is 2. The van der Waals surface area contributed by atoms with Gasteiger partial charge in [0.15, 0.2) is 5.11 Å². The van der Waals surface area contributed by atoms with E-state index in [1.54, 1.807) is 0 Å². The highest BCUT2D eigenvalue weighted by Crippen LogP contribution is 2.31. The van der Waals surface area contributed by atoms with Gasteiger partial charge in [-0.1, -0.05) is 55.1 Å². The molecule has 1 heterocycles. The number of hydrogen-bond acceptors (Lipinski definition) is 1. The zero-order valence-electron chi connectivity index (χ0n) is 10.5. The van der Waals surface area contributed by atoms with E-state index >= 15 is 0 Å². The minimum Gasteiger partial charge on any atom is -0.332 e. The van der Waals surface area contributed by atoms with E-state index in [1.165, 1.54) is 5.56 Å². The Hall–Kier alpha value is -2.13. The molecular formula is C16H14N2S. The van der Waals surface area contributed by atoms with Gasteiger partial charge < -0.3 is 10.2 Å². The van der Waals surface area contributed by atoms with Crippen molar-refractivity contribution >= 4 is 28.7 Å². The number of para-hydroxylation sites is 1. The second-order valence-corrected chi connectivity index (χ2v) is 4.88. The summed E-state index contributed by atoms with van der Waals surface area (Å²) in [6, 6.07) is 18.4. The molecule has 0 fully saturated rings. The Bertz CT molecular complexity index is 634. The highest BCUT2D eigenvalue weighted by Gasteiger charge is 2.22. The summed E-state index contributed by atoms with van der Waals surface area (Å²) in [6.07, 6.45) is 0. The van der Waals surface area contributed by atoms with Gasteiger partial charge in [-0.2, -0.15) is 0 Å². The summed E-state index contributed by atoms with van der Waals surface area (Å²) in [5.41, 5.74) is 4.30. The van der Waals surface area contributed by atoms with Crippen LogP contribution in [-0.2, 0) is 6.54 Å². The zero-order chi connectivity index (χ0) is 13.2. The highest BCUT2D eigenvalue weighted by atomic mass is 32.1. The number of thiocarbonyl (C=S) groups is 1. The second kappa shape index (κ2) is 4.86. The maximum absolute atomic E-state index is 5.43. The fourth-order valence-electron chi connectivity index (χ4n) is 2.23. The fourth-order valence-corrected chi connectivity index (χ4v) is 2.51. The van der Waals surface area contributed by atoms with Crippen molar-refractivity contribution in [1.29, 1.82) is 0 Å². The number of hydrogen-bond donors (Lipinski definition) is 1. The molecule has 0 spiro atoms. The van der Waals surface area contributed by atoms with E-state index < -0.39 is 0 Å². The Labute approximate surface area is 118 Å². The van der Waals surface area contributed by atoms with E-state index in [2.05, 4.69) is 30.1 Å². The minimum absolute atomic E-state index is 0.701. The molecule has 94 valence electrons. The van der Waals surface area contributed by atoms with Gasteiger partial charge in [-0.05, 0) is 23.8 Å². The van der Waals surface area contributed by atoms with Crippen molar-refractivity contribution in [3.8, 4) is 0 Å². The monoisotopic (exact) mass is 266 g/mol. The van der Waals surface area contributed by atoms with Gasteiger partial charge in [-0.3, -0.25) is 0 Å². The molecule has 0 unspecified atom stereocenters. The first-order valence-corrected chi connectivity index (χ1v) is 6.57. The van der Waals surface area contributed by atoms with E-state index in [1.807, 2.05) is 41.3 Å². The van der Waals surface area contributed by atoms with Gasteiger partial charge >= 0.3 is 0 Å². The molecule has 0 saturated heterocycles. The molecule has 1 aliphatic rings. The van der Waals surface area contributed by atoms with Crippen LogP contribution in [0.3, 0.4) is 0 Å². The molecule has 1 N–H and O–H groups in total. The number of nitrogens with zero attached hydrogens (tertiary/aromatic N) is 1. The van der Waals surface area contributed by atoms with E-state index in [0.717, 1.165) is 23.5 Å². The van der Waals surface area contributed by atoms with Crippen molar-refractivity contribution in [2.45, 2.75) is 6.54 Å². The Morgan fingerprint density at radius 2 is 1.68 bits per heavy atom. The summed E-state index contributed by atoms with van der Waals surface area (Å²) in [5, 5.41) is 3.96. The van der Waals surface area contributed by atoms with Crippen LogP contribution < -0.4 is 5.32 Å². The first-order chi connectivity index (χ1) is 9.25. The lowest BCUT2D eigenvalue weighted by Gasteiger charge is -2.33. The highest BCUT2D eigenvalue weighted by molar-refractivity contribution is 7.80. The quantitative estimate of drug-likeness (QED) is 0.831. The van der Waals surface area contributed by atoms with Crippen molar-refractivity contribution < 1.29 is 0 Å². The minimum atomic E-state index is 0.701. The summed E-state index contributed by atoms with van der Waals surface area (Å²) in [5.74, 6) is 0. The molecule has 0 atom stereocenters. The molecule has 19 heavy (non-hydrogen) atoms. The fraction of sp³-hybridized carbons (Fsp3) is 0.0625. The topological polar surface area (TPSA) is 15.3 Å². The van der Waals surface area contributed by atoms with Gasteiger partial charge in [0.2, 0.25) is 0 Å². The predicted octanol–water partition coefficient (Wildman–Crippen LogP) is 3.87. The van der Waals surface area contributed by atoms with Crippen molar-refractivity contribution in [3.05, 3.63) is 72.3 Å². The van der Waals surface area contributed by atoms with Gasteiger partial charge in [-0.25, -0.2) is 0 Å². The van der Waals surface area contributed by atoms with Crippen LogP contribution in [-0.4, -0.2) is 10.0 Å². The number of nitrogens with one attached hydrogen (secondary N) is 1. The van der Waals surface area contributed by atoms with Crippen LogP contribution >= 0.6 is 12.2 Å². The van der Waals surface area contributed by atoms with E-state index in [-0.39, 0.29) is 0 Å². The maximum atomic E-state index is 5.43. The Morgan fingerprint density at radius 1 is 1.00 bits per heavy atom. The predicted molar refractivity (Wildman–Crippen MR) is 83.7 cm³/mol. The number of fused-ring (bicyclic) bond motifs is 1. The van der Waals surface area contributed by atoms with Crippen LogP contribution in [0.1, 0.15) is 11.1 Å². The van der Waals surface area contributed by atoms with Crippen molar-refractivity contribution in [2.24, 2.45) is 0 Å². The van der Waals surface area contributed by atoms with Gasteiger partial charge in [0.25, 0.3) is 0 Å². The zero-order valence-corrected chi connectivity index (χ0v) is 11.3. The molecule has 2 nitrogen and oxygen atoms in total. The molecule has 3 heteroatoms. The van der Waals surface area contributed by atoms with Crippen LogP contribution in [0.5, 0.6) is 0 Å². The van der Waals surface area contributed by atoms with Gasteiger partial charge in [0.1, 0.15) is 0 Å². The molecule has 0 aromatic heterocycles. The average Bonchev–Trinajstić information content (AvgIpc) is 2.45. The SMILES string of the molecule is C=C1c2ccccc2NC(=S)N1Cc1ccccc1. The number of anilines is 1. The van der Waals surface area contributed by atoms with Crippen LogP contribution in [0.25, 0.3) is 5.70 Å². The molecule has 2 aromatic carbocycles. The van der Waals surface area contributed by atoms with Crippen LogP contribution in [0, 0.1) is 0 Å². The molecule has 0 saturated carbocycles. The van der Waals surface area contributed by atoms with Gasteiger partial charge in [0, 0.05) is 16.9 Å². The largest absolute Gasteiger partial charge is 0.332 e. The van der Waals surface area contributed by atoms with Crippen molar-refractivity contribution in [2.75, 3.05) is 5.32 Å². The summed E-state index contributed by atoms with van der Waals surface area (Å²) >= 11 is 5.43. The molecule has 2 aromatic rings. The van der Waals surface area contributed by atoms with E-state index in [0.29, 0.717) is 5.11 Å². The summed E-state index contributed by atoms with van der Waals surface area (Å²) in [6.45, 7) is 4.92. The molecule has 0 radical (unpaired) electrons. The first kappa shape index (κ1) is 11.9. The lowest BCUT2D eigenvalue weighted by Crippen LogP contribution is -2.36. The van der Waals surface area contributed by atoms with Crippen LogP contribution in [0.4, 0.5) is 5.69 Å². The molecule has 0 aliphatic carbocycles. The standard InChI is InChI=1S/C16H14N2S/c1-12-14-9-5-6-10-15(14)17-16(19)18(12)11-13-7-3-2-4-8-13/h2-10H,1,11H2,(H,17,19). The molecule has 0 bridgehead atoms. The van der Waals surface area contributed by atoms with E-state index in [9.17, 15) is 0 Å². The lowest BCUT2D eigenvalue weighted by molar-refractivity contribution is 0.583. The average molecular weight is 266 g/mol. The normalized spacial score (nSPS) is 14.0. The molecule has 3 rings (SSSR count). The number of benzene rings is 2. The van der Waals surface area contributed by atoms with Gasteiger partial charge in [0.05, 0.1) is 6.54 Å². The Kier molecular flexibility index (Phi) is 3.05. The van der Waals surface area contributed by atoms with Gasteiger partial charge in [-0.15, -0.1) is 0 Å². The Morgan fingerprint density at radius 3 is 2.47 bits per heavy atom. The smallest absolute Gasteiger partial charge is 0.178 e. The first-order valence-electron chi connectivity index (χ1n) is 6.16. The third-order valence-corrected chi connectivity index (χ3v) is 3.56. The third-order valence-electron chi connectivity index (χ3n) is 3.23. The van der Waals surface area contributed by atoms with E-state index in [4.69, 9.17) is 12.2 Å². The summed E-state index contributed by atoms with van der Waals surface area (Å²) in [7, 11) is 0. The van der Waals surface area contributed by atoms with Crippen LogP contribution in [0.15, 0.2) is 61.2 Å². The maximum Gasteiger partial charge on any atom is 0.178 e. The van der Waals surface area contributed by atoms with Crippen molar-refractivity contribution in [1.82, 2.24) is 4.90 Å². The molecule has 0 amide bonds. The lowest BCUT2D eigenvalue weighted by atomic mass is 10.1. The van der Waals surface area contributed by atoms with Crippen LogP contribution in [0.2, 0.25) is 0 Å².